The highest BCUT2D eigenvalue weighted by molar-refractivity contribution is 5.93. The van der Waals surface area contributed by atoms with Crippen LogP contribution in [-0.4, -0.2) is 24.1 Å². The van der Waals surface area contributed by atoms with E-state index in [2.05, 4.69) is 10.6 Å². The van der Waals surface area contributed by atoms with Crippen LogP contribution in [0.25, 0.3) is 0 Å². The van der Waals surface area contributed by atoms with Crippen molar-refractivity contribution in [2.45, 2.75) is 6.92 Å². The summed E-state index contributed by atoms with van der Waals surface area (Å²) in [5, 5.41) is 15.4. The van der Waals surface area contributed by atoms with Gasteiger partial charge in [-0.25, -0.2) is 0 Å². The van der Waals surface area contributed by atoms with Crippen molar-refractivity contribution in [1.82, 2.24) is 5.32 Å². The first-order valence-electron chi connectivity index (χ1n) is 5.48. The average Bonchev–Trinajstić information content (AvgIpc) is 2.18. The number of amides is 1. The van der Waals surface area contributed by atoms with Gasteiger partial charge in [-0.1, -0.05) is 19.1 Å². The van der Waals surface area contributed by atoms with Crippen LogP contribution in [0.5, 0.6) is 5.75 Å². The number of para-hydroxylation sites is 2. The Morgan fingerprint density at radius 2 is 2.12 bits per heavy atom. The normalized spacial score (nSPS) is 16.5. The Hall–Kier alpha value is -1.26. The van der Waals surface area contributed by atoms with E-state index in [0.29, 0.717) is 11.6 Å². The Labute approximate surface area is 107 Å². The fourth-order valence-electron chi connectivity index (χ4n) is 1.70. The number of hydrogen-bond acceptors (Lipinski definition) is 3. The molecule has 1 unspecified atom stereocenters. The van der Waals surface area contributed by atoms with Gasteiger partial charge in [0.2, 0.25) is 5.91 Å². The van der Waals surface area contributed by atoms with Gasteiger partial charge in [-0.15, -0.1) is 12.4 Å². The molecule has 1 aromatic rings. The highest BCUT2D eigenvalue weighted by Crippen LogP contribution is 2.24. The Bertz CT molecular complexity index is 394. The lowest BCUT2D eigenvalue weighted by Gasteiger charge is -2.31. The molecule has 0 aliphatic carbocycles. The van der Waals surface area contributed by atoms with E-state index in [1.54, 1.807) is 24.3 Å². The van der Waals surface area contributed by atoms with Crippen molar-refractivity contribution in [3.05, 3.63) is 24.3 Å². The number of carbonyl (C=O) groups is 1. The quantitative estimate of drug-likeness (QED) is 0.720. The molecule has 94 valence electrons. The van der Waals surface area contributed by atoms with Crippen molar-refractivity contribution in [2.24, 2.45) is 11.8 Å². The van der Waals surface area contributed by atoms with Crippen molar-refractivity contribution in [3.63, 3.8) is 0 Å². The first-order chi connectivity index (χ1) is 7.68. The van der Waals surface area contributed by atoms with Crippen LogP contribution in [0.15, 0.2) is 24.3 Å². The predicted molar refractivity (Wildman–Crippen MR) is 69.5 cm³/mol. The van der Waals surface area contributed by atoms with Gasteiger partial charge >= 0.3 is 0 Å². The van der Waals surface area contributed by atoms with Crippen LogP contribution in [0.2, 0.25) is 0 Å². The Kier molecular flexibility index (Phi) is 4.78. The van der Waals surface area contributed by atoms with E-state index >= 15 is 0 Å². The molecule has 0 radical (unpaired) electrons. The minimum absolute atomic E-state index is 0. The standard InChI is InChI=1S/C12H16N2O2.ClH/c1-8(9-6-13-7-9)12(16)14-10-4-2-3-5-11(10)15;/h2-5,8-9,13,15H,6-7H2,1H3,(H,14,16);1H. The number of halogens is 1. The summed E-state index contributed by atoms with van der Waals surface area (Å²) >= 11 is 0. The van der Waals surface area contributed by atoms with Gasteiger partial charge in [-0.05, 0) is 31.1 Å². The first kappa shape index (κ1) is 13.8. The molecule has 4 nitrogen and oxygen atoms in total. The number of anilines is 1. The smallest absolute Gasteiger partial charge is 0.227 e. The lowest BCUT2D eigenvalue weighted by Crippen LogP contribution is -2.48. The fraction of sp³-hybridized carbons (Fsp3) is 0.417. The van der Waals surface area contributed by atoms with Crippen molar-refractivity contribution in [1.29, 1.82) is 0 Å². The molecule has 3 N–H and O–H groups in total. The number of nitrogens with one attached hydrogen (secondary N) is 2. The number of aromatic hydroxyl groups is 1. The van der Waals surface area contributed by atoms with E-state index in [4.69, 9.17) is 0 Å². The molecule has 0 aromatic heterocycles. The highest BCUT2D eigenvalue weighted by atomic mass is 35.5. The maximum absolute atomic E-state index is 11.8. The molecule has 17 heavy (non-hydrogen) atoms. The molecule has 1 amide bonds. The molecular weight excluding hydrogens is 240 g/mol. The second-order valence-electron chi connectivity index (χ2n) is 4.21. The van der Waals surface area contributed by atoms with Gasteiger partial charge in [0.25, 0.3) is 0 Å². The number of phenols is 1. The van der Waals surface area contributed by atoms with Crippen molar-refractivity contribution in [2.75, 3.05) is 18.4 Å². The third kappa shape index (κ3) is 3.11. The topological polar surface area (TPSA) is 61.4 Å². The van der Waals surface area contributed by atoms with Gasteiger partial charge in [0.15, 0.2) is 0 Å². The number of phenolic OH excluding ortho intramolecular Hbond substituents is 1. The SMILES string of the molecule is CC(C(=O)Nc1ccccc1O)C1CNC1.Cl. The Balaban J connectivity index is 0.00000144. The summed E-state index contributed by atoms with van der Waals surface area (Å²) < 4.78 is 0. The largest absolute Gasteiger partial charge is 0.506 e. The zero-order valence-corrected chi connectivity index (χ0v) is 10.5. The lowest BCUT2D eigenvalue weighted by molar-refractivity contribution is -0.121. The molecule has 5 heteroatoms. The third-order valence-electron chi connectivity index (χ3n) is 3.10. The van der Waals surface area contributed by atoms with E-state index < -0.39 is 0 Å². The lowest BCUT2D eigenvalue weighted by atomic mass is 9.88. The highest BCUT2D eigenvalue weighted by Gasteiger charge is 2.28. The number of hydrogen-bond donors (Lipinski definition) is 3. The summed E-state index contributed by atoms with van der Waals surface area (Å²) in [7, 11) is 0. The maximum Gasteiger partial charge on any atom is 0.227 e. The number of rotatable bonds is 3. The summed E-state index contributed by atoms with van der Waals surface area (Å²) in [6, 6.07) is 6.76. The zero-order valence-electron chi connectivity index (χ0n) is 9.64. The third-order valence-corrected chi connectivity index (χ3v) is 3.10. The van der Waals surface area contributed by atoms with Gasteiger partial charge in [0.05, 0.1) is 5.69 Å². The minimum atomic E-state index is -0.0343. The van der Waals surface area contributed by atoms with Crippen LogP contribution in [0.4, 0.5) is 5.69 Å². The van der Waals surface area contributed by atoms with Crippen LogP contribution in [0.3, 0.4) is 0 Å². The Morgan fingerprint density at radius 1 is 1.47 bits per heavy atom. The van der Waals surface area contributed by atoms with Crippen LogP contribution >= 0.6 is 12.4 Å². The predicted octanol–water partition coefficient (Wildman–Crippen LogP) is 1.61. The van der Waals surface area contributed by atoms with E-state index in [1.165, 1.54) is 0 Å². The van der Waals surface area contributed by atoms with E-state index in [1.807, 2.05) is 6.92 Å². The summed E-state index contributed by atoms with van der Waals surface area (Å²) in [6.45, 7) is 3.71. The van der Waals surface area contributed by atoms with E-state index in [-0.39, 0.29) is 30.0 Å². The van der Waals surface area contributed by atoms with Crippen LogP contribution < -0.4 is 10.6 Å². The average molecular weight is 257 g/mol. The van der Waals surface area contributed by atoms with Crippen molar-refractivity contribution < 1.29 is 9.90 Å². The first-order valence-corrected chi connectivity index (χ1v) is 5.48. The molecule has 0 bridgehead atoms. The fourth-order valence-corrected chi connectivity index (χ4v) is 1.70. The van der Waals surface area contributed by atoms with Crippen molar-refractivity contribution in [3.8, 4) is 5.75 Å². The van der Waals surface area contributed by atoms with Crippen LogP contribution in [0, 0.1) is 11.8 Å². The van der Waals surface area contributed by atoms with Gasteiger partial charge in [0.1, 0.15) is 5.75 Å². The number of benzene rings is 1. The summed E-state index contributed by atoms with van der Waals surface area (Å²) in [6.07, 6.45) is 0. The molecule has 2 rings (SSSR count). The Morgan fingerprint density at radius 3 is 2.65 bits per heavy atom. The summed E-state index contributed by atoms with van der Waals surface area (Å²) in [4.78, 5) is 11.8. The zero-order chi connectivity index (χ0) is 11.5. The minimum Gasteiger partial charge on any atom is -0.506 e. The van der Waals surface area contributed by atoms with Gasteiger partial charge in [0, 0.05) is 5.92 Å². The summed E-state index contributed by atoms with van der Waals surface area (Å²) in [5.74, 6) is 0.453. The second-order valence-corrected chi connectivity index (χ2v) is 4.21. The van der Waals surface area contributed by atoms with Crippen molar-refractivity contribution >= 4 is 24.0 Å². The molecule has 0 saturated carbocycles. The molecule has 1 atom stereocenters. The van der Waals surface area contributed by atoms with Gasteiger partial charge < -0.3 is 15.7 Å². The molecule has 1 saturated heterocycles. The second kappa shape index (κ2) is 5.89. The molecule has 1 aliphatic heterocycles. The van der Waals surface area contributed by atoms with Gasteiger partial charge in [-0.2, -0.15) is 0 Å². The molecule has 1 aromatic carbocycles. The molecule has 1 aliphatic rings. The maximum atomic E-state index is 11.8. The monoisotopic (exact) mass is 256 g/mol. The molecule has 1 heterocycles. The summed E-state index contributed by atoms with van der Waals surface area (Å²) in [5.41, 5.74) is 0.478. The van der Waals surface area contributed by atoms with Gasteiger partial charge in [-0.3, -0.25) is 4.79 Å². The molecular formula is C12H17ClN2O2. The van der Waals surface area contributed by atoms with Crippen LogP contribution in [0.1, 0.15) is 6.92 Å². The van der Waals surface area contributed by atoms with E-state index in [9.17, 15) is 9.90 Å². The molecule has 1 fully saturated rings. The van der Waals surface area contributed by atoms with E-state index in [0.717, 1.165) is 13.1 Å². The molecule has 0 spiro atoms. The van der Waals surface area contributed by atoms with Crippen LogP contribution in [-0.2, 0) is 4.79 Å². The number of carbonyl (C=O) groups excluding carboxylic acids is 1.